The van der Waals surface area contributed by atoms with Crippen LogP contribution < -0.4 is 10.0 Å². The smallest absolute Gasteiger partial charge is 0.251 e. The van der Waals surface area contributed by atoms with Crippen LogP contribution in [0, 0.1) is 0 Å². The summed E-state index contributed by atoms with van der Waals surface area (Å²) in [5.74, 6) is -0.253. The molecule has 0 saturated heterocycles. The van der Waals surface area contributed by atoms with Crippen molar-refractivity contribution >= 4 is 15.9 Å². The van der Waals surface area contributed by atoms with Crippen LogP contribution in [0.1, 0.15) is 48.0 Å². The molecule has 0 saturated carbocycles. The number of amides is 1. The lowest BCUT2D eigenvalue weighted by Crippen LogP contribution is -2.26. The van der Waals surface area contributed by atoms with E-state index in [9.17, 15) is 13.2 Å². The fourth-order valence-corrected chi connectivity index (χ4v) is 4.30. The summed E-state index contributed by atoms with van der Waals surface area (Å²) >= 11 is 0. The van der Waals surface area contributed by atoms with Crippen molar-refractivity contribution in [3.63, 3.8) is 0 Å². The average molecular weight is 399 g/mol. The summed E-state index contributed by atoms with van der Waals surface area (Å²) in [6.45, 7) is 0.766. The Balaban J connectivity index is 1.58. The van der Waals surface area contributed by atoms with E-state index in [0.29, 0.717) is 12.1 Å². The van der Waals surface area contributed by atoms with Crippen molar-refractivity contribution in [2.75, 3.05) is 6.54 Å². The summed E-state index contributed by atoms with van der Waals surface area (Å²) < 4.78 is 27.7. The van der Waals surface area contributed by atoms with E-state index >= 15 is 0 Å². The van der Waals surface area contributed by atoms with Crippen molar-refractivity contribution in [3.8, 4) is 0 Å². The molecule has 0 unspecified atom stereocenters. The molecular weight excluding hydrogens is 372 g/mol. The van der Waals surface area contributed by atoms with Gasteiger partial charge in [-0.15, -0.1) is 0 Å². The van der Waals surface area contributed by atoms with Gasteiger partial charge in [0.25, 0.3) is 5.91 Å². The molecule has 0 aliphatic heterocycles. The third kappa shape index (κ3) is 5.78. The van der Waals surface area contributed by atoms with Gasteiger partial charge < -0.3 is 5.32 Å². The van der Waals surface area contributed by atoms with Gasteiger partial charge in [-0.1, -0.05) is 48.0 Å². The Morgan fingerprint density at radius 2 is 1.82 bits per heavy atom. The van der Waals surface area contributed by atoms with E-state index < -0.39 is 10.0 Å². The van der Waals surface area contributed by atoms with Gasteiger partial charge in [0.2, 0.25) is 10.0 Å². The molecule has 2 aromatic carbocycles. The van der Waals surface area contributed by atoms with Crippen LogP contribution in [0.4, 0.5) is 0 Å². The Morgan fingerprint density at radius 3 is 2.57 bits per heavy atom. The quantitative estimate of drug-likeness (QED) is 0.665. The molecule has 28 heavy (non-hydrogen) atoms. The van der Waals surface area contributed by atoms with Crippen LogP contribution in [0.2, 0.25) is 0 Å². The minimum atomic E-state index is -3.69. The van der Waals surface area contributed by atoms with Gasteiger partial charge in [-0.2, -0.15) is 0 Å². The van der Waals surface area contributed by atoms with Gasteiger partial charge in [-0.05, 0) is 55.9 Å². The van der Waals surface area contributed by atoms with E-state index in [2.05, 4.69) is 16.1 Å². The molecule has 1 amide bonds. The summed E-state index contributed by atoms with van der Waals surface area (Å²) in [6, 6.07) is 15.4. The highest BCUT2D eigenvalue weighted by molar-refractivity contribution is 7.89. The maximum absolute atomic E-state index is 12.6. The van der Waals surface area contributed by atoms with Crippen LogP contribution in [0.3, 0.4) is 0 Å². The standard InChI is InChI=1S/C22H26N2O3S/c25-22(23-15-14-18-8-3-1-4-9-18)20-12-7-13-21(16-20)28(26,27)24-17-19-10-5-2-6-11-19/h2,5-8,10-13,16,24H,1,3-4,9,14-15,17H2,(H,23,25). The number of carbonyl (C=O) groups excluding carboxylic acids is 1. The molecule has 2 aromatic rings. The molecule has 5 nitrogen and oxygen atoms in total. The molecule has 3 rings (SSSR count). The van der Waals surface area contributed by atoms with E-state index in [4.69, 9.17) is 0 Å². The van der Waals surface area contributed by atoms with Gasteiger partial charge in [0.15, 0.2) is 0 Å². The Labute approximate surface area is 166 Å². The van der Waals surface area contributed by atoms with E-state index in [1.165, 1.54) is 30.5 Å². The SMILES string of the molecule is O=C(NCCC1=CCCCC1)c1cccc(S(=O)(=O)NCc2ccccc2)c1. The first kappa shape index (κ1) is 20.3. The van der Waals surface area contributed by atoms with Crippen molar-refractivity contribution in [3.05, 3.63) is 77.4 Å². The zero-order valence-corrected chi connectivity index (χ0v) is 16.7. The lowest BCUT2D eigenvalue weighted by atomic mass is 9.97. The van der Waals surface area contributed by atoms with E-state index in [1.54, 1.807) is 12.1 Å². The normalized spacial score (nSPS) is 14.4. The number of hydrogen-bond acceptors (Lipinski definition) is 3. The molecule has 0 bridgehead atoms. The molecule has 0 heterocycles. The molecular formula is C22H26N2O3S. The summed E-state index contributed by atoms with van der Waals surface area (Å²) in [5, 5.41) is 2.89. The maximum atomic E-state index is 12.6. The lowest BCUT2D eigenvalue weighted by Gasteiger charge is -2.13. The highest BCUT2D eigenvalue weighted by atomic mass is 32.2. The first-order valence-corrected chi connectivity index (χ1v) is 11.1. The third-order valence-electron chi connectivity index (χ3n) is 4.83. The van der Waals surface area contributed by atoms with Gasteiger partial charge in [0.05, 0.1) is 4.90 Å². The molecule has 6 heteroatoms. The number of benzene rings is 2. The maximum Gasteiger partial charge on any atom is 0.251 e. The summed E-state index contributed by atoms with van der Waals surface area (Å²) in [7, 11) is -3.69. The zero-order valence-electron chi connectivity index (χ0n) is 15.9. The first-order chi connectivity index (χ1) is 13.5. The van der Waals surface area contributed by atoms with Crippen LogP contribution >= 0.6 is 0 Å². The number of rotatable bonds is 8. The highest BCUT2D eigenvalue weighted by Crippen LogP contribution is 2.19. The van der Waals surface area contributed by atoms with Crippen molar-refractivity contribution < 1.29 is 13.2 Å². The Morgan fingerprint density at radius 1 is 1.00 bits per heavy atom. The van der Waals surface area contributed by atoms with E-state index in [1.807, 2.05) is 30.3 Å². The lowest BCUT2D eigenvalue weighted by molar-refractivity contribution is 0.0954. The molecule has 0 atom stereocenters. The first-order valence-electron chi connectivity index (χ1n) is 9.64. The summed E-state index contributed by atoms with van der Waals surface area (Å²) in [6.07, 6.45) is 7.81. The number of allylic oxidation sites excluding steroid dienone is 1. The fourth-order valence-electron chi connectivity index (χ4n) is 3.23. The van der Waals surface area contributed by atoms with Gasteiger partial charge >= 0.3 is 0 Å². The minimum Gasteiger partial charge on any atom is -0.352 e. The van der Waals surface area contributed by atoms with Crippen LogP contribution in [0.5, 0.6) is 0 Å². The average Bonchev–Trinajstić information content (AvgIpc) is 2.74. The predicted molar refractivity (Wildman–Crippen MR) is 110 cm³/mol. The van der Waals surface area contributed by atoms with E-state index in [-0.39, 0.29) is 17.3 Å². The monoisotopic (exact) mass is 398 g/mol. The molecule has 0 fully saturated rings. The molecule has 1 aliphatic rings. The largest absolute Gasteiger partial charge is 0.352 e. The Bertz CT molecular complexity index is 937. The molecule has 0 aromatic heterocycles. The van der Waals surface area contributed by atoms with Gasteiger partial charge in [0, 0.05) is 18.7 Å². The minimum absolute atomic E-state index is 0.0890. The zero-order chi connectivity index (χ0) is 19.8. The number of carbonyl (C=O) groups is 1. The molecule has 0 radical (unpaired) electrons. The van der Waals surface area contributed by atoms with Crippen LogP contribution in [0.25, 0.3) is 0 Å². The second-order valence-corrected chi connectivity index (χ2v) is 8.72. The molecule has 0 spiro atoms. The topological polar surface area (TPSA) is 75.3 Å². The Hall–Kier alpha value is -2.44. The van der Waals surface area contributed by atoms with Gasteiger partial charge in [-0.3, -0.25) is 4.79 Å². The molecule has 2 N–H and O–H groups in total. The van der Waals surface area contributed by atoms with Crippen LogP contribution in [-0.4, -0.2) is 20.9 Å². The van der Waals surface area contributed by atoms with Crippen LogP contribution in [-0.2, 0) is 16.6 Å². The third-order valence-corrected chi connectivity index (χ3v) is 6.23. The van der Waals surface area contributed by atoms with Crippen LogP contribution in [0.15, 0.2) is 71.1 Å². The molecule has 1 aliphatic carbocycles. The van der Waals surface area contributed by atoms with Crippen molar-refractivity contribution in [2.24, 2.45) is 0 Å². The van der Waals surface area contributed by atoms with Crippen molar-refractivity contribution in [2.45, 2.75) is 43.5 Å². The van der Waals surface area contributed by atoms with Gasteiger partial charge in [0.1, 0.15) is 0 Å². The number of sulfonamides is 1. The summed E-state index contributed by atoms with van der Waals surface area (Å²) in [5.41, 5.74) is 2.62. The second kappa shape index (κ2) is 9.66. The fraction of sp³-hybridized carbons (Fsp3) is 0.318. The Kier molecular flexibility index (Phi) is 7.01. The summed E-state index contributed by atoms with van der Waals surface area (Å²) in [4.78, 5) is 12.5. The van der Waals surface area contributed by atoms with E-state index in [0.717, 1.165) is 24.8 Å². The predicted octanol–water partition coefficient (Wildman–Crippen LogP) is 3.79. The van der Waals surface area contributed by atoms with Crippen molar-refractivity contribution in [1.82, 2.24) is 10.0 Å². The highest BCUT2D eigenvalue weighted by Gasteiger charge is 2.16. The van der Waals surface area contributed by atoms with Gasteiger partial charge in [-0.25, -0.2) is 13.1 Å². The van der Waals surface area contributed by atoms with Crippen molar-refractivity contribution in [1.29, 1.82) is 0 Å². The number of hydrogen-bond donors (Lipinski definition) is 2. The molecule has 148 valence electrons. The second-order valence-electron chi connectivity index (χ2n) is 6.95. The number of nitrogens with one attached hydrogen (secondary N) is 2.